The fraction of sp³-hybridized carbons (Fsp3) is 0.676. The fourth-order valence-electron chi connectivity index (χ4n) is 5.66. The van der Waals surface area contributed by atoms with Gasteiger partial charge in [0.05, 0.1) is 19.4 Å². The number of aliphatic carboxylic acids is 2. The van der Waals surface area contributed by atoms with Crippen molar-refractivity contribution in [2.75, 3.05) is 19.7 Å². The zero-order valence-corrected chi connectivity index (χ0v) is 37.1. The quantitative estimate of drug-likeness (QED) is 0.0174. The molecule has 0 aliphatic carbocycles. The summed E-state index contributed by atoms with van der Waals surface area (Å²) in [5.41, 5.74) is 32.4. The van der Waals surface area contributed by atoms with E-state index in [1.54, 1.807) is 13.8 Å². The summed E-state index contributed by atoms with van der Waals surface area (Å²) in [4.78, 5) is 136. The number of guanidine groups is 2. The van der Waals surface area contributed by atoms with Gasteiger partial charge in [-0.25, -0.2) is 4.79 Å². The second kappa shape index (κ2) is 29.5. The maximum atomic E-state index is 13.7. The summed E-state index contributed by atoms with van der Waals surface area (Å²) in [6.45, 7) is 6.84. The van der Waals surface area contributed by atoms with Crippen LogP contribution in [0.25, 0.3) is 0 Å². The van der Waals surface area contributed by atoms with Crippen LogP contribution >= 0.6 is 0 Å². The van der Waals surface area contributed by atoms with Crippen LogP contribution in [0.3, 0.4) is 0 Å². The Morgan fingerprint density at radius 3 is 1.32 bits per heavy atom. The number of carboxylic acid groups (broad SMARTS) is 2. The highest BCUT2D eigenvalue weighted by Crippen LogP contribution is 2.10. The highest BCUT2D eigenvalue weighted by molar-refractivity contribution is 5.99. The van der Waals surface area contributed by atoms with Crippen LogP contribution in [0.5, 0.6) is 0 Å². The van der Waals surface area contributed by atoms with Gasteiger partial charge in [0, 0.05) is 13.1 Å². The number of amides is 8. The van der Waals surface area contributed by atoms with Crippen molar-refractivity contribution in [1.29, 1.82) is 0 Å². The molecule has 28 nitrogen and oxygen atoms in total. The smallest absolute Gasteiger partial charge is 0.326 e. The van der Waals surface area contributed by atoms with Gasteiger partial charge in [0.25, 0.3) is 0 Å². The first-order valence-corrected chi connectivity index (χ1v) is 20.5. The average molecular weight is 930 g/mol. The summed E-state index contributed by atoms with van der Waals surface area (Å²) in [5, 5.41) is 44.8. The number of primary amides is 1. The first-order valence-electron chi connectivity index (χ1n) is 20.5. The van der Waals surface area contributed by atoms with E-state index < -0.39 is 133 Å². The molecule has 0 rings (SSSR count). The Hall–Kier alpha value is -6.84. The maximum Gasteiger partial charge on any atom is 0.326 e. The van der Waals surface area contributed by atoms with Crippen molar-refractivity contribution in [3.63, 3.8) is 0 Å². The molecule has 0 aliphatic heterocycles. The van der Waals surface area contributed by atoms with Crippen molar-refractivity contribution in [1.82, 2.24) is 37.2 Å². The van der Waals surface area contributed by atoms with Crippen LogP contribution < -0.4 is 71.6 Å². The lowest BCUT2D eigenvalue weighted by atomic mass is 10.0. The average Bonchev–Trinajstić information content (AvgIpc) is 3.19. The number of hydrogen-bond donors (Lipinski definition) is 16. The number of rotatable bonds is 31. The number of aliphatic imine (C=N–C) groups is 2. The van der Waals surface area contributed by atoms with E-state index in [1.165, 1.54) is 20.8 Å². The van der Waals surface area contributed by atoms with Crippen LogP contribution in [0.1, 0.15) is 79.6 Å². The van der Waals surface area contributed by atoms with Gasteiger partial charge in [-0.15, -0.1) is 0 Å². The first-order chi connectivity index (χ1) is 30.2. The molecule has 0 aliphatic rings. The Kier molecular flexibility index (Phi) is 26.4. The number of nitrogens with zero attached hydrogens (tertiary/aromatic N) is 2. The zero-order chi connectivity index (χ0) is 50.1. The van der Waals surface area contributed by atoms with Crippen molar-refractivity contribution in [3.05, 3.63) is 0 Å². The molecule has 0 radical (unpaired) electrons. The molecule has 22 N–H and O–H groups in total. The molecule has 0 fully saturated rings. The Morgan fingerprint density at radius 2 is 0.923 bits per heavy atom. The molecule has 8 amide bonds. The fourth-order valence-corrected chi connectivity index (χ4v) is 5.66. The van der Waals surface area contributed by atoms with Gasteiger partial charge in [0.15, 0.2) is 11.9 Å². The summed E-state index contributed by atoms with van der Waals surface area (Å²) < 4.78 is 0. The van der Waals surface area contributed by atoms with Gasteiger partial charge < -0.3 is 86.9 Å². The minimum atomic E-state index is -1.87. The third-order valence-corrected chi connectivity index (χ3v) is 9.06. The largest absolute Gasteiger partial charge is 0.481 e. The van der Waals surface area contributed by atoms with E-state index in [1.807, 2.05) is 0 Å². The topological polar surface area (TPSA) is 496 Å². The maximum absolute atomic E-state index is 13.7. The van der Waals surface area contributed by atoms with Gasteiger partial charge in [0.1, 0.15) is 48.3 Å². The second-order valence-electron chi connectivity index (χ2n) is 15.7. The van der Waals surface area contributed by atoms with Gasteiger partial charge in [-0.3, -0.25) is 53.1 Å². The Labute approximate surface area is 375 Å². The summed E-state index contributed by atoms with van der Waals surface area (Å²) in [7, 11) is 0. The molecule has 0 saturated heterocycles. The van der Waals surface area contributed by atoms with Crippen LogP contribution in [0, 0.1) is 11.8 Å². The molecule has 368 valence electrons. The molecule has 0 aromatic heterocycles. The van der Waals surface area contributed by atoms with E-state index >= 15 is 0 Å². The van der Waals surface area contributed by atoms with E-state index in [2.05, 4.69) is 47.2 Å². The molecule has 0 bridgehead atoms. The van der Waals surface area contributed by atoms with Crippen molar-refractivity contribution in [2.24, 2.45) is 56.2 Å². The summed E-state index contributed by atoms with van der Waals surface area (Å²) >= 11 is 0. The summed E-state index contributed by atoms with van der Waals surface area (Å²) in [6.07, 6.45) is -1.89. The molecule has 0 heterocycles. The van der Waals surface area contributed by atoms with Crippen molar-refractivity contribution >= 4 is 71.1 Å². The molecule has 0 aromatic rings. The van der Waals surface area contributed by atoms with Crippen LogP contribution in [0.15, 0.2) is 9.98 Å². The second-order valence-corrected chi connectivity index (χ2v) is 15.7. The molecule has 28 heteroatoms. The van der Waals surface area contributed by atoms with Crippen molar-refractivity contribution < 1.29 is 63.3 Å². The lowest BCUT2D eigenvalue weighted by Gasteiger charge is -2.27. The molecule has 0 aromatic carbocycles. The first kappa shape index (κ1) is 58.2. The Morgan fingerprint density at radius 1 is 0.523 bits per heavy atom. The van der Waals surface area contributed by atoms with Gasteiger partial charge in [0.2, 0.25) is 47.3 Å². The van der Waals surface area contributed by atoms with Crippen LogP contribution in [0.4, 0.5) is 0 Å². The highest BCUT2D eigenvalue weighted by atomic mass is 16.4. The monoisotopic (exact) mass is 930 g/mol. The van der Waals surface area contributed by atoms with Crippen LogP contribution in [-0.2, 0) is 47.9 Å². The Bertz CT molecular complexity index is 1740. The minimum absolute atomic E-state index is 0.0319. The van der Waals surface area contributed by atoms with E-state index in [4.69, 9.17) is 34.4 Å². The predicted octanol–water partition coefficient (Wildman–Crippen LogP) is -7.04. The standard InChI is InChI=1S/C37H67N15O13/c1-16(2)12-22(33(62)50-23(13-25(39)54)34(63)52-27(17(3)4)35(64)65)49-28(57)18(5)46-32(61)24(14-26(55)56)51-31(60)21(9-7-11-45-37(42)43)48-30(59)20(8-6-10-44-36(40)41)47-29(58)19(38)15-53/h16-24,27,53H,6-15,38H2,1-5H3,(H2,39,54)(H,46,61)(H,47,58)(H,48,59)(H,49,57)(H,50,62)(H,51,60)(H,52,63)(H,55,56)(H,64,65)(H4,40,41,44)(H4,42,43,45)/t18-,19-,20-,21-,22-,23-,24-,27-/m0/s1. The lowest BCUT2D eigenvalue weighted by Crippen LogP contribution is -2.60. The number of carboxylic acids is 2. The van der Waals surface area contributed by atoms with Gasteiger partial charge in [-0.1, -0.05) is 27.7 Å². The lowest BCUT2D eigenvalue weighted by molar-refractivity contribution is -0.144. The summed E-state index contributed by atoms with van der Waals surface area (Å²) in [5.74, 6) is -12.4. The third-order valence-electron chi connectivity index (χ3n) is 9.06. The highest BCUT2D eigenvalue weighted by Gasteiger charge is 2.35. The Balaban J connectivity index is 6.40. The number of nitrogens with two attached hydrogens (primary N) is 6. The number of aliphatic hydroxyl groups is 1. The van der Waals surface area contributed by atoms with E-state index in [9.17, 15) is 63.3 Å². The predicted molar refractivity (Wildman–Crippen MR) is 232 cm³/mol. The SMILES string of the molecule is CC(C)C[C@H](NC(=O)[C@H](C)NC(=O)[C@H](CC(=O)O)NC(=O)[C@H](CCCN=C(N)N)NC(=O)[C@H](CCCN=C(N)N)NC(=O)[C@@H](N)CO)C(=O)N[C@@H](CC(N)=O)C(=O)N[C@H](C(=O)O)C(C)C. The number of nitrogens with one attached hydrogen (secondary N) is 7. The number of hydrogen-bond acceptors (Lipinski definition) is 14. The van der Waals surface area contributed by atoms with Crippen molar-refractivity contribution in [2.45, 2.75) is 128 Å². The molecular formula is C37H67N15O13. The van der Waals surface area contributed by atoms with Crippen LogP contribution in [0.2, 0.25) is 0 Å². The van der Waals surface area contributed by atoms with Crippen LogP contribution in [-0.4, -0.2) is 154 Å². The molecule has 0 unspecified atom stereocenters. The van der Waals surface area contributed by atoms with E-state index in [0.29, 0.717) is 0 Å². The molecule has 0 spiro atoms. The van der Waals surface area contributed by atoms with E-state index in [-0.39, 0.29) is 63.0 Å². The zero-order valence-electron chi connectivity index (χ0n) is 37.1. The molecular weight excluding hydrogens is 862 g/mol. The number of carbonyl (C=O) groups excluding carboxylic acids is 8. The van der Waals surface area contributed by atoms with Gasteiger partial charge >= 0.3 is 11.9 Å². The third kappa shape index (κ3) is 24.0. The minimum Gasteiger partial charge on any atom is -0.481 e. The summed E-state index contributed by atoms with van der Waals surface area (Å²) in [6, 6.07) is -12.1. The van der Waals surface area contributed by atoms with E-state index in [0.717, 1.165) is 0 Å². The number of aliphatic hydroxyl groups excluding tert-OH is 1. The molecule has 65 heavy (non-hydrogen) atoms. The van der Waals surface area contributed by atoms with Gasteiger partial charge in [-0.2, -0.15) is 0 Å². The molecule has 8 atom stereocenters. The molecule has 0 saturated carbocycles. The van der Waals surface area contributed by atoms with Crippen molar-refractivity contribution in [3.8, 4) is 0 Å². The van der Waals surface area contributed by atoms with Gasteiger partial charge in [-0.05, 0) is 50.9 Å². The normalized spacial score (nSPS) is 14.6. The number of carbonyl (C=O) groups is 10.